The molecule has 0 saturated carbocycles. The fraction of sp³-hybridized carbons (Fsp3) is 0.263. The summed E-state index contributed by atoms with van der Waals surface area (Å²) in [5.74, 6) is -1.23. The highest BCUT2D eigenvalue weighted by Crippen LogP contribution is 2.10. The number of anilines is 1. The van der Waals surface area contributed by atoms with Gasteiger partial charge < -0.3 is 16.0 Å². The molecule has 1 atom stereocenters. The van der Waals surface area contributed by atoms with Gasteiger partial charge in [-0.3, -0.25) is 4.79 Å². The molecule has 0 spiro atoms. The molecule has 138 valence electrons. The normalized spacial score (nSPS) is 11.5. The van der Waals surface area contributed by atoms with Crippen molar-refractivity contribution in [2.24, 2.45) is 0 Å². The highest BCUT2D eigenvalue weighted by Gasteiger charge is 2.20. The van der Waals surface area contributed by atoms with Gasteiger partial charge in [-0.05, 0) is 42.3 Å². The molecule has 0 radical (unpaired) electrons. The molecule has 5 nitrogen and oxygen atoms in total. The van der Waals surface area contributed by atoms with Crippen LogP contribution in [0.25, 0.3) is 0 Å². The summed E-state index contributed by atoms with van der Waals surface area (Å²) in [6.07, 6.45) is 1.12. The van der Waals surface area contributed by atoms with Crippen molar-refractivity contribution in [1.29, 1.82) is 0 Å². The molecule has 26 heavy (non-hydrogen) atoms. The van der Waals surface area contributed by atoms with Crippen LogP contribution in [0.4, 0.5) is 19.3 Å². The first-order chi connectivity index (χ1) is 12.5. The third-order valence-corrected chi connectivity index (χ3v) is 3.66. The van der Waals surface area contributed by atoms with Crippen molar-refractivity contribution in [2.75, 3.05) is 5.32 Å². The molecule has 0 aromatic heterocycles. The predicted molar refractivity (Wildman–Crippen MR) is 95.5 cm³/mol. The largest absolute Gasteiger partial charge is 0.334 e. The number of halogens is 2. The number of carbonyl (C=O) groups is 2. The fourth-order valence-electron chi connectivity index (χ4n) is 2.35. The molecule has 2 rings (SSSR count). The van der Waals surface area contributed by atoms with E-state index in [-0.39, 0.29) is 12.4 Å². The van der Waals surface area contributed by atoms with Crippen LogP contribution in [0.5, 0.6) is 0 Å². The SMILES string of the molecule is CCCC(NC(=O)NCc1ccc(F)cc1)C(=O)Nc1cccc(F)c1. The summed E-state index contributed by atoms with van der Waals surface area (Å²) in [6, 6.07) is 10.0. The summed E-state index contributed by atoms with van der Waals surface area (Å²) in [6.45, 7) is 2.09. The number of benzene rings is 2. The van der Waals surface area contributed by atoms with E-state index < -0.39 is 23.8 Å². The van der Waals surface area contributed by atoms with Crippen molar-refractivity contribution in [3.05, 3.63) is 65.7 Å². The van der Waals surface area contributed by atoms with Gasteiger partial charge in [0, 0.05) is 12.2 Å². The van der Waals surface area contributed by atoms with E-state index in [0.29, 0.717) is 18.5 Å². The number of hydrogen-bond donors (Lipinski definition) is 3. The van der Waals surface area contributed by atoms with Crippen molar-refractivity contribution in [3.8, 4) is 0 Å². The Morgan fingerprint density at radius 2 is 1.77 bits per heavy atom. The molecule has 0 aliphatic carbocycles. The maximum absolute atomic E-state index is 13.2. The zero-order valence-corrected chi connectivity index (χ0v) is 14.4. The van der Waals surface area contributed by atoms with Crippen molar-refractivity contribution in [2.45, 2.75) is 32.4 Å². The molecule has 2 aromatic carbocycles. The quantitative estimate of drug-likeness (QED) is 0.706. The first kappa shape index (κ1) is 19.4. The first-order valence-corrected chi connectivity index (χ1v) is 8.33. The number of urea groups is 1. The van der Waals surface area contributed by atoms with Crippen LogP contribution in [0.2, 0.25) is 0 Å². The molecule has 0 saturated heterocycles. The van der Waals surface area contributed by atoms with Crippen LogP contribution in [-0.4, -0.2) is 18.0 Å². The van der Waals surface area contributed by atoms with E-state index in [1.165, 1.54) is 30.3 Å². The van der Waals surface area contributed by atoms with Gasteiger partial charge in [-0.15, -0.1) is 0 Å². The zero-order valence-electron chi connectivity index (χ0n) is 14.4. The lowest BCUT2D eigenvalue weighted by Crippen LogP contribution is -2.47. The van der Waals surface area contributed by atoms with Gasteiger partial charge in [0.25, 0.3) is 0 Å². The Bertz CT molecular complexity index is 751. The van der Waals surface area contributed by atoms with Crippen molar-refractivity contribution in [1.82, 2.24) is 10.6 Å². The Labute approximate surface area is 150 Å². The Kier molecular flexibility index (Phi) is 7.08. The summed E-state index contributed by atoms with van der Waals surface area (Å²) >= 11 is 0. The third-order valence-electron chi connectivity index (χ3n) is 3.66. The monoisotopic (exact) mass is 361 g/mol. The van der Waals surface area contributed by atoms with Crippen LogP contribution < -0.4 is 16.0 Å². The Morgan fingerprint density at radius 3 is 2.42 bits per heavy atom. The Hall–Kier alpha value is -2.96. The standard InChI is InChI=1S/C19H21F2N3O2/c1-2-4-17(18(25)23-16-6-3-5-15(21)11-16)24-19(26)22-12-13-7-9-14(20)10-8-13/h3,5-11,17H,2,4,12H2,1H3,(H,23,25)(H2,22,24,26). The number of hydrogen-bond acceptors (Lipinski definition) is 2. The van der Waals surface area contributed by atoms with Gasteiger partial charge in [-0.25, -0.2) is 13.6 Å². The zero-order chi connectivity index (χ0) is 18.9. The fourth-order valence-corrected chi connectivity index (χ4v) is 2.35. The summed E-state index contributed by atoms with van der Waals surface area (Å²) in [5, 5.41) is 7.82. The van der Waals surface area contributed by atoms with Gasteiger partial charge >= 0.3 is 6.03 Å². The van der Waals surface area contributed by atoms with Gasteiger partial charge in [0.2, 0.25) is 5.91 Å². The minimum atomic E-state index is -0.753. The number of rotatable bonds is 7. The van der Waals surface area contributed by atoms with Crippen LogP contribution in [0, 0.1) is 11.6 Å². The van der Waals surface area contributed by atoms with Crippen molar-refractivity contribution < 1.29 is 18.4 Å². The second kappa shape index (κ2) is 9.50. The number of nitrogens with one attached hydrogen (secondary N) is 3. The van der Waals surface area contributed by atoms with Crippen LogP contribution in [0.3, 0.4) is 0 Å². The lowest BCUT2D eigenvalue weighted by molar-refractivity contribution is -0.118. The molecular formula is C19H21F2N3O2. The van der Waals surface area contributed by atoms with Crippen molar-refractivity contribution >= 4 is 17.6 Å². The van der Waals surface area contributed by atoms with E-state index in [0.717, 1.165) is 5.56 Å². The average molecular weight is 361 g/mol. The van der Waals surface area contributed by atoms with Gasteiger partial charge in [-0.2, -0.15) is 0 Å². The highest BCUT2D eigenvalue weighted by molar-refractivity contribution is 5.96. The maximum atomic E-state index is 13.2. The molecule has 0 bridgehead atoms. The number of amides is 3. The van der Waals surface area contributed by atoms with Crippen LogP contribution in [-0.2, 0) is 11.3 Å². The highest BCUT2D eigenvalue weighted by atomic mass is 19.1. The molecule has 3 N–H and O–H groups in total. The van der Waals surface area contributed by atoms with E-state index in [1.807, 2.05) is 6.92 Å². The molecule has 0 heterocycles. The van der Waals surface area contributed by atoms with Gasteiger partial charge in [-0.1, -0.05) is 31.5 Å². The molecule has 2 aromatic rings. The maximum Gasteiger partial charge on any atom is 0.315 e. The minimum Gasteiger partial charge on any atom is -0.334 e. The molecule has 7 heteroatoms. The van der Waals surface area contributed by atoms with Crippen LogP contribution in [0.15, 0.2) is 48.5 Å². The number of carbonyl (C=O) groups excluding carboxylic acids is 2. The minimum absolute atomic E-state index is 0.205. The lowest BCUT2D eigenvalue weighted by atomic mass is 10.1. The van der Waals surface area contributed by atoms with E-state index in [4.69, 9.17) is 0 Å². The van der Waals surface area contributed by atoms with E-state index in [9.17, 15) is 18.4 Å². The topological polar surface area (TPSA) is 70.2 Å². The smallest absolute Gasteiger partial charge is 0.315 e. The summed E-state index contributed by atoms with van der Waals surface area (Å²) < 4.78 is 26.1. The van der Waals surface area contributed by atoms with E-state index in [2.05, 4.69) is 16.0 Å². The van der Waals surface area contributed by atoms with Gasteiger partial charge in [0.05, 0.1) is 0 Å². The van der Waals surface area contributed by atoms with Crippen molar-refractivity contribution in [3.63, 3.8) is 0 Å². The first-order valence-electron chi connectivity index (χ1n) is 8.33. The molecule has 0 aliphatic heterocycles. The Balaban J connectivity index is 1.90. The summed E-state index contributed by atoms with van der Waals surface area (Å²) in [4.78, 5) is 24.4. The van der Waals surface area contributed by atoms with Gasteiger partial charge in [0.1, 0.15) is 17.7 Å². The molecular weight excluding hydrogens is 340 g/mol. The van der Waals surface area contributed by atoms with E-state index in [1.54, 1.807) is 18.2 Å². The second-order valence-electron chi connectivity index (χ2n) is 5.79. The average Bonchev–Trinajstić information content (AvgIpc) is 2.61. The Morgan fingerprint density at radius 1 is 1.04 bits per heavy atom. The molecule has 3 amide bonds. The van der Waals surface area contributed by atoms with E-state index >= 15 is 0 Å². The van der Waals surface area contributed by atoms with Crippen LogP contribution >= 0.6 is 0 Å². The second-order valence-corrected chi connectivity index (χ2v) is 5.79. The molecule has 0 aliphatic rings. The molecule has 1 unspecified atom stereocenters. The predicted octanol–water partition coefficient (Wildman–Crippen LogP) is 3.57. The van der Waals surface area contributed by atoms with Crippen LogP contribution in [0.1, 0.15) is 25.3 Å². The third kappa shape index (κ3) is 6.16. The molecule has 0 fully saturated rings. The summed E-state index contributed by atoms with van der Waals surface area (Å²) in [5.41, 5.74) is 1.06. The van der Waals surface area contributed by atoms with Gasteiger partial charge in [0.15, 0.2) is 0 Å². The summed E-state index contributed by atoms with van der Waals surface area (Å²) in [7, 11) is 0. The lowest BCUT2D eigenvalue weighted by Gasteiger charge is -2.18.